The molecule has 1 heterocycles. The second-order valence-electron chi connectivity index (χ2n) is 4.38. The van der Waals surface area contributed by atoms with Crippen molar-refractivity contribution < 1.29 is 4.79 Å². The number of aromatic amines is 1. The van der Waals surface area contributed by atoms with Crippen LogP contribution in [0.2, 0.25) is 0 Å². The minimum atomic E-state index is -0.614. The van der Waals surface area contributed by atoms with E-state index in [-0.39, 0.29) is 12.5 Å². The molecular weight excluding hydrogens is 302 g/mol. The Kier molecular flexibility index (Phi) is 5.37. The molecule has 0 aliphatic rings. The third kappa shape index (κ3) is 4.23. The molecule has 2 rings (SSSR count). The topological polar surface area (TPSA) is 84.0 Å². The Morgan fingerprint density at radius 3 is 2.82 bits per heavy atom. The molecule has 0 unspecified atom stereocenters. The van der Waals surface area contributed by atoms with Crippen LogP contribution >= 0.6 is 11.8 Å². The van der Waals surface area contributed by atoms with Crippen molar-refractivity contribution in [3.63, 3.8) is 0 Å². The maximum Gasteiger partial charge on any atom is 0.328 e. The molecule has 0 atom stereocenters. The molecule has 2 aromatic rings. The van der Waals surface area contributed by atoms with Crippen molar-refractivity contribution in [3.05, 3.63) is 70.0 Å². The first-order valence-electron chi connectivity index (χ1n) is 6.52. The molecule has 0 saturated heterocycles. The number of rotatable bonds is 6. The molecule has 0 aliphatic carbocycles. The van der Waals surface area contributed by atoms with E-state index in [1.165, 1.54) is 12.3 Å². The van der Waals surface area contributed by atoms with Gasteiger partial charge in [0, 0.05) is 22.9 Å². The molecule has 0 saturated carbocycles. The van der Waals surface area contributed by atoms with Crippen LogP contribution in [0.15, 0.2) is 63.7 Å². The number of thioether (sulfide) groups is 1. The van der Waals surface area contributed by atoms with Gasteiger partial charge >= 0.3 is 5.69 Å². The predicted molar refractivity (Wildman–Crippen MR) is 87.3 cm³/mol. The highest BCUT2D eigenvalue weighted by atomic mass is 32.2. The predicted octanol–water partition coefficient (Wildman–Crippen LogP) is 1.45. The average Bonchev–Trinajstić information content (AvgIpc) is 2.49. The second-order valence-corrected chi connectivity index (χ2v) is 5.44. The summed E-state index contributed by atoms with van der Waals surface area (Å²) >= 11 is 1.55. The van der Waals surface area contributed by atoms with E-state index in [4.69, 9.17) is 0 Å². The van der Waals surface area contributed by atoms with Crippen LogP contribution in [0, 0.1) is 0 Å². The highest BCUT2D eigenvalue weighted by molar-refractivity contribution is 7.99. The molecule has 0 radical (unpaired) electrons. The quantitative estimate of drug-likeness (QED) is 0.624. The lowest BCUT2D eigenvalue weighted by atomic mass is 10.3. The molecule has 7 heteroatoms. The standard InChI is InChI=1S/C15H15N3O3S/c1-2-9-22-12-6-4-3-5-11(12)16-14(20)10-18-8-7-13(19)17-15(18)21/h2-8H,1,9-10H2,(H,16,20)(H,17,19,21). The van der Waals surface area contributed by atoms with Crippen molar-refractivity contribution in [2.45, 2.75) is 11.4 Å². The summed E-state index contributed by atoms with van der Waals surface area (Å²) in [6.45, 7) is 3.49. The fourth-order valence-corrected chi connectivity index (χ4v) is 2.50. The fourth-order valence-electron chi connectivity index (χ4n) is 1.76. The zero-order chi connectivity index (χ0) is 15.9. The molecule has 1 amide bonds. The van der Waals surface area contributed by atoms with Gasteiger partial charge in [-0.2, -0.15) is 0 Å². The number of hydrogen-bond acceptors (Lipinski definition) is 4. The van der Waals surface area contributed by atoms with E-state index in [1.807, 2.05) is 18.2 Å². The highest BCUT2D eigenvalue weighted by Gasteiger charge is 2.08. The van der Waals surface area contributed by atoms with Crippen LogP contribution in [0.5, 0.6) is 0 Å². The smallest absolute Gasteiger partial charge is 0.324 e. The Labute approximate surface area is 130 Å². The number of nitrogens with one attached hydrogen (secondary N) is 2. The van der Waals surface area contributed by atoms with Gasteiger partial charge in [0.2, 0.25) is 5.91 Å². The van der Waals surface area contributed by atoms with Crippen molar-refractivity contribution in [2.24, 2.45) is 0 Å². The molecule has 22 heavy (non-hydrogen) atoms. The summed E-state index contributed by atoms with van der Waals surface area (Å²) in [5, 5.41) is 2.76. The van der Waals surface area contributed by atoms with Crippen molar-refractivity contribution in [1.29, 1.82) is 0 Å². The van der Waals surface area contributed by atoms with Crippen LogP contribution in [0.3, 0.4) is 0 Å². The first-order chi connectivity index (χ1) is 10.6. The Morgan fingerprint density at radius 2 is 2.09 bits per heavy atom. The van der Waals surface area contributed by atoms with Crippen molar-refractivity contribution in [3.8, 4) is 0 Å². The summed E-state index contributed by atoms with van der Waals surface area (Å²) < 4.78 is 1.14. The van der Waals surface area contributed by atoms with Crippen LogP contribution in [-0.2, 0) is 11.3 Å². The van der Waals surface area contributed by atoms with E-state index >= 15 is 0 Å². The molecule has 2 N–H and O–H groups in total. The van der Waals surface area contributed by atoms with E-state index in [1.54, 1.807) is 23.9 Å². The van der Waals surface area contributed by atoms with Crippen LogP contribution in [0.25, 0.3) is 0 Å². The molecule has 1 aromatic heterocycles. The Hall–Kier alpha value is -2.54. The highest BCUT2D eigenvalue weighted by Crippen LogP contribution is 2.26. The average molecular weight is 317 g/mol. The summed E-state index contributed by atoms with van der Waals surface area (Å²) in [5.41, 5.74) is -0.429. The lowest BCUT2D eigenvalue weighted by molar-refractivity contribution is -0.116. The Morgan fingerprint density at radius 1 is 1.32 bits per heavy atom. The minimum Gasteiger partial charge on any atom is -0.324 e. The van der Waals surface area contributed by atoms with Gasteiger partial charge in [-0.3, -0.25) is 19.1 Å². The number of H-pyrrole nitrogens is 1. The molecular formula is C15H15N3O3S. The number of carbonyl (C=O) groups excluding carboxylic acids is 1. The van der Waals surface area contributed by atoms with Gasteiger partial charge in [-0.05, 0) is 12.1 Å². The molecule has 0 aliphatic heterocycles. The summed E-state index contributed by atoms with van der Waals surface area (Å²) in [6.07, 6.45) is 3.07. The maximum atomic E-state index is 12.1. The van der Waals surface area contributed by atoms with E-state index in [9.17, 15) is 14.4 Å². The number of para-hydroxylation sites is 1. The number of amides is 1. The van der Waals surface area contributed by atoms with Crippen molar-refractivity contribution in [2.75, 3.05) is 11.1 Å². The maximum absolute atomic E-state index is 12.1. The van der Waals surface area contributed by atoms with Gasteiger partial charge in [0.05, 0.1) is 5.69 Å². The van der Waals surface area contributed by atoms with E-state index in [0.717, 1.165) is 15.2 Å². The van der Waals surface area contributed by atoms with Crippen LogP contribution in [0.1, 0.15) is 0 Å². The monoisotopic (exact) mass is 317 g/mol. The minimum absolute atomic E-state index is 0.171. The Bertz CT molecular complexity index is 795. The molecule has 0 bridgehead atoms. The zero-order valence-corrected chi connectivity index (χ0v) is 12.6. The summed E-state index contributed by atoms with van der Waals surface area (Å²) in [4.78, 5) is 37.6. The zero-order valence-electron chi connectivity index (χ0n) is 11.7. The number of aromatic nitrogens is 2. The first-order valence-corrected chi connectivity index (χ1v) is 7.51. The lowest BCUT2D eigenvalue weighted by Gasteiger charge is -2.10. The van der Waals surface area contributed by atoms with E-state index in [0.29, 0.717) is 5.69 Å². The molecule has 6 nitrogen and oxygen atoms in total. The summed E-state index contributed by atoms with van der Waals surface area (Å²) in [5.74, 6) is 0.382. The fraction of sp³-hybridized carbons (Fsp3) is 0.133. The van der Waals surface area contributed by atoms with Gasteiger partial charge in [-0.1, -0.05) is 18.2 Å². The van der Waals surface area contributed by atoms with E-state index in [2.05, 4.69) is 16.9 Å². The molecule has 1 aromatic carbocycles. The normalized spacial score (nSPS) is 10.2. The second kappa shape index (κ2) is 7.46. The van der Waals surface area contributed by atoms with E-state index < -0.39 is 11.2 Å². The largest absolute Gasteiger partial charge is 0.328 e. The van der Waals surface area contributed by atoms with Gasteiger partial charge in [-0.15, -0.1) is 18.3 Å². The van der Waals surface area contributed by atoms with Crippen LogP contribution < -0.4 is 16.6 Å². The van der Waals surface area contributed by atoms with Crippen molar-refractivity contribution in [1.82, 2.24) is 9.55 Å². The summed E-state index contributed by atoms with van der Waals surface area (Å²) in [7, 11) is 0. The third-order valence-corrected chi connectivity index (χ3v) is 3.80. The Balaban J connectivity index is 2.10. The van der Waals surface area contributed by atoms with Gasteiger partial charge < -0.3 is 5.32 Å². The first kappa shape index (κ1) is 15.8. The van der Waals surface area contributed by atoms with Crippen LogP contribution in [-0.4, -0.2) is 21.2 Å². The number of anilines is 1. The number of nitrogens with zero attached hydrogens (tertiary/aromatic N) is 1. The number of hydrogen-bond donors (Lipinski definition) is 2. The summed E-state index contributed by atoms with van der Waals surface area (Å²) in [6, 6.07) is 8.59. The van der Waals surface area contributed by atoms with Gasteiger partial charge in [0.25, 0.3) is 5.56 Å². The molecule has 0 fully saturated rings. The van der Waals surface area contributed by atoms with Gasteiger partial charge in [0.1, 0.15) is 6.54 Å². The number of carbonyl (C=O) groups is 1. The van der Waals surface area contributed by atoms with Gasteiger partial charge in [0.15, 0.2) is 0 Å². The molecule has 0 spiro atoms. The van der Waals surface area contributed by atoms with Gasteiger partial charge in [-0.25, -0.2) is 4.79 Å². The third-order valence-electron chi connectivity index (χ3n) is 2.73. The lowest BCUT2D eigenvalue weighted by Crippen LogP contribution is -2.32. The number of benzene rings is 1. The van der Waals surface area contributed by atoms with Crippen LogP contribution in [0.4, 0.5) is 5.69 Å². The molecule has 114 valence electrons. The van der Waals surface area contributed by atoms with Crippen molar-refractivity contribution >= 4 is 23.4 Å². The SMILES string of the molecule is C=CCSc1ccccc1NC(=O)Cn1ccc(=O)[nH]c1=O.